The monoisotopic (exact) mass is 227 g/mol. The highest BCUT2D eigenvalue weighted by atomic mass is 32.2. The molecule has 0 atom stereocenters. The van der Waals surface area contributed by atoms with E-state index in [0.29, 0.717) is 4.90 Å². The molecule has 0 aliphatic carbocycles. The molecule has 5 nitrogen and oxygen atoms in total. The number of hydrogen-bond acceptors (Lipinski definition) is 4. The van der Waals surface area contributed by atoms with Gasteiger partial charge in [0.25, 0.3) is 5.69 Å². The standard InChI is InChI=1S/C9H9NO4S/c1-6-2-3-7(10(13)14)8(4-6)15-5-9(11)12/h2-4H,5H2,1H3,(H,11,12). The van der Waals surface area contributed by atoms with Crippen LogP contribution in [0.15, 0.2) is 23.1 Å². The van der Waals surface area contributed by atoms with Crippen LogP contribution in [0, 0.1) is 17.0 Å². The molecule has 0 saturated heterocycles. The molecule has 80 valence electrons. The Morgan fingerprint density at radius 2 is 2.27 bits per heavy atom. The second-order valence-corrected chi connectivity index (χ2v) is 3.93. The van der Waals surface area contributed by atoms with Crippen molar-refractivity contribution in [1.82, 2.24) is 0 Å². The first kappa shape index (κ1) is 11.5. The Balaban J connectivity index is 2.96. The van der Waals surface area contributed by atoms with Crippen LogP contribution < -0.4 is 0 Å². The maximum absolute atomic E-state index is 10.6. The van der Waals surface area contributed by atoms with Crippen molar-refractivity contribution >= 4 is 23.4 Å². The summed E-state index contributed by atoms with van der Waals surface area (Å²) in [6, 6.07) is 4.63. The zero-order valence-electron chi connectivity index (χ0n) is 7.97. The fourth-order valence-electron chi connectivity index (χ4n) is 1.03. The summed E-state index contributed by atoms with van der Waals surface area (Å²) in [5.74, 6) is -1.17. The lowest BCUT2D eigenvalue weighted by atomic mass is 10.2. The highest BCUT2D eigenvalue weighted by molar-refractivity contribution is 8.00. The highest BCUT2D eigenvalue weighted by Gasteiger charge is 2.14. The fourth-order valence-corrected chi connectivity index (χ4v) is 1.87. The Morgan fingerprint density at radius 1 is 1.60 bits per heavy atom. The van der Waals surface area contributed by atoms with Crippen molar-refractivity contribution in [3.8, 4) is 0 Å². The summed E-state index contributed by atoms with van der Waals surface area (Å²) in [5, 5.41) is 19.1. The van der Waals surface area contributed by atoms with E-state index in [1.54, 1.807) is 19.1 Å². The number of carboxylic acids is 1. The van der Waals surface area contributed by atoms with Gasteiger partial charge in [-0.05, 0) is 18.6 Å². The van der Waals surface area contributed by atoms with E-state index in [9.17, 15) is 14.9 Å². The summed E-state index contributed by atoms with van der Waals surface area (Å²) in [7, 11) is 0. The van der Waals surface area contributed by atoms with Crippen molar-refractivity contribution in [3.05, 3.63) is 33.9 Å². The van der Waals surface area contributed by atoms with E-state index in [1.807, 2.05) is 0 Å². The molecule has 0 radical (unpaired) electrons. The number of nitrogens with zero attached hydrogens (tertiary/aromatic N) is 1. The molecule has 0 spiro atoms. The third kappa shape index (κ3) is 3.25. The predicted octanol–water partition coefficient (Wildman–Crippen LogP) is 2.08. The minimum atomic E-state index is -0.990. The minimum Gasteiger partial charge on any atom is -0.481 e. The second kappa shape index (κ2) is 4.79. The lowest BCUT2D eigenvalue weighted by Crippen LogP contribution is -1.99. The van der Waals surface area contributed by atoms with Gasteiger partial charge < -0.3 is 5.11 Å². The normalized spacial score (nSPS) is 9.93. The van der Waals surface area contributed by atoms with Gasteiger partial charge in [0.05, 0.1) is 15.6 Å². The van der Waals surface area contributed by atoms with Gasteiger partial charge in [-0.15, -0.1) is 11.8 Å². The molecule has 15 heavy (non-hydrogen) atoms. The molecule has 0 aliphatic rings. The molecule has 0 bridgehead atoms. The first-order valence-electron chi connectivity index (χ1n) is 4.10. The van der Waals surface area contributed by atoms with Crippen molar-refractivity contribution in [1.29, 1.82) is 0 Å². The van der Waals surface area contributed by atoms with Crippen molar-refractivity contribution in [2.45, 2.75) is 11.8 Å². The first-order valence-corrected chi connectivity index (χ1v) is 5.09. The zero-order valence-corrected chi connectivity index (χ0v) is 8.78. The van der Waals surface area contributed by atoms with Crippen molar-refractivity contribution in [3.63, 3.8) is 0 Å². The SMILES string of the molecule is Cc1ccc([N+](=O)[O-])c(SCC(=O)O)c1. The summed E-state index contributed by atoms with van der Waals surface area (Å²) >= 11 is 0.956. The van der Waals surface area contributed by atoms with Crippen LogP contribution in [0.3, 0.4) is 0 Å². The van der Waals surface area contributed by atoms with Crippen molar-refractivity contribution < 1.29 is 14.8 Å². The molecule has 1 aromatic rings. The van der Waals surface area contributed by atoms with Crippen LogP contribution in [0.25, 0.3) is 0 Å². The summed E-state index contributed by atoms with van der Waals surface area (Å²) in [4.78, 5) is 20.9. The van der Waals surface area contributed by atoms with Crippen LogP contribution in [0.1, 0.15) is 5.56 Å². The summed E-state index contributed by atoms with van der Waals surface area (Å²) in [5.41, 5.74) is 0.820. The van der Waals surface area contributed by atoms with Crippen molar-refractivity contribution in [2.24, 2.45) is 0 Å². The molecular weight excluding hydrogens is 218 g/mol. The summed E-state index contributed by atoms with van der Waals surface area (Å²) in [6.07, 6.45) is 0. The van der Waals surface area contributed by atoms with Gasteiger partial charge in [-0.25, -0.2) is 0 Å². The van der Waals surface area contributed by atoms with E-state index >= 15 is 0 Å². The number of carbonyl (C=O) groups is 1. The molecule has 1 N–H and O–H groups in total. The first-order chi connectivity index (χ1) is 7.00. The number of rotatable bonds is 4. The van der Waals surface area contributed by atoms with Gasteiger partial charge in [-0.2, -0.15) is 0 Å². The Bertz CT molecular complexity index is 405. The number of aryl methyl sites for hydroxylation is 1. The van der Waals surface area contributed by atoms with Gasteiger partial charge >= 0.3 is 5.97 Å². The molecule has 6 heteroatoms. The average Bonchev–Trinajstić information content (AvgIpc) is 2.14. The maximum Gasteiger partial charge on any atom is 0.313 e. The average molecular weight is 227 g/mol. The number of nitro groups is 1. The molecule has 0 aromatic heterocycles. The van der Waals surface area contributed by atoms with Crippen LogP contribution in [-0.4, -0.2) is 21.8 Å². The Labute approximate surface area is 90.3 Å². The van der Waals surface area contributed by atoms with Gasteiger partial charge in [0.1, 0.15) is 0 Å². The molecule has 1 aromatic carbocycles. The van der Waals surface area contributed by atoms with Gasteiger partial charge in [-0.1, -0.05) is 6.07 Å². The smallest absolute Gasteiger partial charge is 0.313 e. The minimum absolute atomic E-state index is 0.0492. The van der Waals surface area contributed by atoms with Crippen molar-refractivity contribution in [2.75, 3.05) is 5.75 Å². The van der Waals surface area contributed by atoms with Crippen LogP contribution in [0.4, 0.5) is 5.69 Å². The quantitative estimate of drug-likeness (QED) is 0.484. The van der Waals surface area contributed by atoms with E-state index < -0.39 is 10.9 Å². The third-order valence-electron chi connectivity index (χ3n) is 1.66. The van der Waals surface area contributed by atoms with E-state index in [-0.39, 0.29) is 11.4 Å². The summed E-state index contributed by atoms with van der Waals surface area (Å²) < 4.78 is 0. The third-order valence-corrected chi connectivity index (χ3v) is 2.69. The zero-order chi connectivity index (χ0) is 11.4. The topological polar surface area (TPSA) is 80.4 Å². The summed E-state index contributed by atoms with van der Waals surface area (Å²) in [6.45, 7) is 1.80. The largest absolute Gasteiger partial charge is 0.481 e. The maximum atomic E-state index is 10.6. The van der Waals surface area contributed by atoms with Crippen LogP contribution in [-0.2, 0) is 4.79 Å². The molecule has 0 fully saturated rings. The number of carboxylic acid groups (broad SMARTS) is 1. The predicted molar refractivity (Wildman–Crippen MR) is 56.2 cm³/mol. The highest BCUT2D eigenvalue weighted by Crippen LogP contribution is 2.29. The van der Waals surface area contributed by atoms with Gasteiger partial charge in [0, 0.05) is 6.07 Å². The lowest BCUT2D eigenvalue weighted by molar-refractivity contribution is -0.387. The Morgan fingerprint density at radius 3 is 2.80 bits per heavy atom. The van der Waals surface area contributed by atoms with Crippen LogP contribution in [0.5, 0.6) is 0 Å². The van der Waals surface area contributed by atoms with Gasteiger partial charge in [0.2, 0.25) is 0 Å². The van der Waals surface area contributed by atoms with E-state index in [0.717, 1.165) is 17.3 Å². The number of aliphatic carboxylic acids is 1. The molecule has 0 unspecified atom stereocenters. The van der Waals surface area contributed by atoms with Gasteiger partial charge in [0.15, 0.2) is 0 Å². The van der Waals surface area contributed by atoms with Gasteiger partial charge in [-0.3, -0.25) is 14.9 Å². The molecule has 1 rings (SSSR count). The van der Waals surface area contributed by atoms with E-state index in [4.69, 9.17) is 5.11 Å². The molecule has 0 aliphatic heterocycles. The second-order valence-electron chi connectivity index (χ2n) is 2.91. The number of nitro benzene ring substituents is 1. The van der Waals surface area contributed by atoms with Crippen LogP contribution in [0.2, 0.25) is 0 Å². The number of hydrogen-bond donors (Lipinski definition) is 1. The van der Waals surface area contributed by atoms with Crippen LogP contribution >= 0.6 is 11.8 Å². The fraction of sp³-hybridized carbons (Fsp3) is 0.222. The molecule has 0 heterocycles. The molecule has 0 amide bonds. The lowest BCUT2D eigenvalue weighted by Gasteiger charge is -2.01. The van der Waals surface area contributed by atoms with E-state index in [1.165, 1.54) is 6.07 Å². The van der Waals surface area contributed by atoms with E-state index in [2.05, 4.69) is 0 Å². The molecule has 0 saturated carbocycles. The Hall–Kier alpha value is -1.56. The molecular formula is C9H9NO4S. The number of benzene rings is 1. The number of thioether (sulfide) groups is 1. The Kier molecular flexibility index (Phi) is 3.68.